The molecule has 40 valence electrons. The highest BCUT2D eigenvalue weighted by molar-refractivity contribution is 5.33. The molecule has 2 bridgehead atoms. The van der Waals surface area contributed by atoms with Crippen LogP contribution in [0.25, 0.3) is 0 Å². The summed E-state index contributed by atoms with van der Waals surface area (Å²) in [5.41, 5.74) is 0. The number of rotatable bonds is 0. The minimum atomic E-state index is 0.764. The molecule has 2 aliphatic heterocycles. The number of benzene rings is 1. The summed E-state index contributed by atoms with van der Waals surface area (Å²) in [5.74, 6) is 1.53. The molecule has 0 fully saturated rings. The van der Waals surface area contributed by atoms with Crippen LogP contribution < -0.4 is 9.78 Å². The minimum Gasteiger partial charge on any atom is -0.290 e. The zero-order valence-electron chi connectivity index (χ0n) is 4.13. The Balaban J connectivity index is 2.69. The molecule has 0 unspecified atom stereocenters. The molecule has 0 aromatic heterocycles. The maximum atomic E-state index is 4.68. The van der Waals surface area contributed by atoms with Gasteiger partial charge in [0.1, 0.15) is 0 Å². The third-order valence-corrected chi connectivity index (χ3v) is 1.06. The number of hydrogen-bond donors (Lipinski definition) is 0. The van der Waals surface area contributed by atoms with E-state index in [1.54, 1.807) is 0 Å². The molecule has 0 saturated carbocycles. The number of fused-ring (bicyclic) bond motifs is 3. The van der Waals surface area contributed by atoms with Crippen molar-refractivity contribution in [3.8, 4) is 11.5 Å². The van der Waals surface area contributed by atoms with Crippen LogP contribution in [0.3, 0.4) is 0 Å². The lowest BCUT2D eigenvalue weighted by Gasteiger charge is -2.10. The van der Waals surface area contributed by atoms with Crippen LogP contribution >= 0.6 is 0 Å². The standard InChI is InChI=1S/C6H4O2/c1-2-6-4-3-5(1)7-8-6/h1-4H. The molecule has 2 heterocycles. The molecule has 0 N–H and O–H groups in total. The number of hydrogen-bond acceptors (Lipinski definition) is 2. The van der Waals surface area contributed by atoms with E-state index in [-0.39, 0.29) is 0 Å². The van der Waals surface area contributed by atoms with E-state index >= 15 is 0 Å². The Bertz CT molecular complexity index is 167. The van der Waals surface area contributed by atoms with Gasteiger partial charge < -0.3 is 0 Å². The van der Waals surface area contributed by atoms with E-state index in [9.17, 15) is 0 Å². The van der Waals surface area contributed by atoms with Crippen LogP contribution in [-0.2, 0) is 0 Å². The molecule has 0 spiro atoms. The Morgan fingerprint density at radius 3 is 1.25 bits per heavy atom. The largest absolute Gasteiger partial charge is 0.290 e. The molecule has 2 heteroatoms. The van der Waals surface area contributed by atoms with Crippen molar-refractivity contribution in [1.82, 2.24) is 0 Å². The topological polar surface area (TPSA) is 18.5 Å². The molecule has 8 heavy (non-hydrogen) atoms. The summed E-state index contributed by atoms with van der Waals surface area (Å²) in [7, 11) is 0. The van der Waals surface area contributed by atoms with Gasteiger partial charge in [-0.15, -0.1) is 0 Å². The van der Waals surface area contributed by atoms with E-state index in [0.717, 1.165) is 11.5 Å². The van der Waals surface area contributed by atoms with Crippen molar-refractivity contribution < 1.29 is 9.78 Å². The Labute approximate surface area is 46.6 Å². The van der Waals surface area contributed by atoms with E-state index in [2.05, 4.69) is 9.78 Å². The first-order valence-electron chi connectivity index (χ1n) is 2.40. The van der Waals surface area contributed by atoms with Crippen molar-refractivity contribution in [1.29, 1.82) is 0 Å². The third-order valence-electron chi connectivity index (χ3n) is 1.06. The predicted molar refractivity (Wildman–Crippen MR) is 27.7 cm³/mol. The summed E-state index contributed by atoms with van der Waals surface area (Å²) in [6.45, 7) is 0. The summed E-state index contributed by atoms with van der Waals surface area (Å²) in [4.78, 5) is 9.37. The second-order valence-electron chi connectivity index (χ2n) is 1.64. The molecule has 0 atom stereocenters. The fourth-order valence-electron chi connectivity index (χ4n) is 0.647. The van der Waals surface area contributed by atoms with E-state index in [1.807, 2.05) is 24.3 Å². The second kappa shape index (κ2) is 1.15. The Hall–Kier alpha value is -1.18. The maximum absolute atomic E-state index is 4.68. The van der Waals surface area contributed by atoms with Gasteiger partial charge in [0, 0.05) is 0 Å². The average Bonchev–Trinajstić information content (AvgIpc) is 1.92. The second-order valence-corrected chi connectivity index (χ2v) is 1.64. The predicted octanol–water partition coefficient (Wildman–Crippen LogP) is 1.37. The first kappa shape index (κ1) is 3.78. The molecule has 2 nitrogen and oxygen atoms in total. The van der Waals surface area contributed by atoms with Crippen LogP contribution in [-0.4, -0.2) is 0 Å². The Morgan fingerprint density at radius 2 is 1.12 bits per heavy atom. The van der Waals surface area contributed by atoms with E-state index in [4.69, 9.17) is 0 Å². The fraction of sp³-hybridized carbons (Fsp3) is 0. The fourth-order valence-corrected chi connectivity index (χ4v) is 0.647. The highest BCUT2D eigenvalue weighted by Gasteiger charge is 2.03. The summed E-state index contributed by atoms with van der Waals surface area (Å²) in [5, 5.41) is 0. The van der Waals surface area contributed by atoms with Crippen LogP contribution in [0.4, 0.5) is 0 Å². The van der Waals surface area contributed by atoms with E-state index in [0.29, 0.717) is 0 Å². The van der Waals surface area contributed by atoms with Crippen LogP contribution in [0.5, 0.6) is 11.5 Å². The van der Waals surface area contributed by atoms with Gasteiger partial charge in [-0.3, -0.25) is 9.78 Å². The summed E-state index contributed by atoms with van der Waals surface area (Å²) < 4.78 is 0. The quantitative estimate of drug-likeness (QED) is 0.467. The van der Waals surface area contributed by atoms with Crippen LogP contribution in [0.15, 0.2) is 24.3 Å². The molecule has 3 rings (SSSR count). The van der Waals surface area contributed by atoms with Crippen molar-refractivity contribution in [2.24, 2.45) is 0 Å². The van der Waals surface area contributed by atoms with Crippen molar-refractivity contribution in [3.05, 3.63) is 24.3 Å². The minimum absolute atomic E-state index is 0.764. The van der Waals surface area contributed by atoms with Crippen LogP contribution in [0, 0.1) is 0 Å². The molecule has 0 amide bonds. The van der Waals surface area contributed by atoms with Gasteiger partial charge in [-0.25, -0.2) is 0 Å². The lowest BCUT2D eigenvalue weighted by Crippen LogP contribution is -2.04. The smallest absolute Gasteiger partial charge is 0.178 e. The van der Waals surface area contributed by atoms with Crippen LogP contribution in [0.1, 0.15) is 0 Å². The van der Waals surface area contributed by atoms with Crippen molar-refractivity contribution in [3.63, 3.8) is 0 Å². The van der Waals surface area contributed by atoms with Crippen LogP contribution in [0.2, 0.25) is 0 Å². The van der Waals surface area contributed by atoms with E-state index in [1.165, 1.54) is 0 Å². The summed E-state index contributed by atoms with van der Waals surface area (Å²) >= 11 is 0. The van der Waals surface area contributed by atoms with Crippen molar-refractivity contribution in [2.45, 2.75) is 0 Å². The van der Waals surface area contributed by atoms with Gasteiger partial charge in [0.25, 0.3) is 0 Å². The summed E-state index contributed by atoms with van der Waals surface area (Å²) in [6, 6.07) is 7.44. The van der Waals surface area contributed by atoms with Gasteiger partial charge >= 0.3 is 0 Å². The van der Waals surface area contributed by atoms with Gasteiger partial charge in [0.05, 0.1) is 0 Å². The highest BCUT2D eigenvalue weighted by Crippen LogP contribution is 2.23. The van der Waals surface area contributed by atoms with Crippen molar-refractivity contribution in [2.75, 3.05) is 0 Å². The normalized spacial score (nSPS) is 12.5. The lowest BCUT2D eigenvalue weighted by atomic mass is 10.3. The Morgan fingerprint density at radius 1 is 0.750 bits per heavy atom. The molecule has 2 aliphatic rings. The highest BCUT2D eigenvalue weighted by atomic mass is 17.2. The van der Waals surface area contributed by atoms with Gasteiger partial charge in [-0.05, 0) is 24.3 Å². The SMILES string of the molecule is c1cc2ccc1OO2. The molecule has 1 aromatic carbocycles. The first-order chi connectivity index (χ1) is 3.95. The first-order valence-corrected chi connectivity index (χ1v) is 2.40. The molecule has 0 aliphatic carbocycles. The zero-order valence-corrected chi connectivity index (χ0v) is 4.13. The molecule has 0 saturated heterocycles. The third kappa shape index (κ3) is 0.368. The van der Waals surface area contributed by atoms with E-state index < -0.39 is 0 Å². The molecule has 1 aromatic rings. The Kier molecular flexibility index (Phi) is 0.545. The van der Waals surface area contributed by atoms with Gasteiger partial charge in [0.15, 0.2) is 11.5 Å². The van der Waals surface area contributed by atoms with Gasteiger partial charge in [-0.1, -0.05) is 0 Å². The molecular weight excluding hydrogens is 104 g/mol. The van der Waals surface area contributed by atoms with Crippen molar-refractivity contribution >= 4 is 0 Å². The zero-order chi connectivity index (χ0) is 5.40. The van der Waals surface area contributed by atoms with Gasteiger partial charge in [-0.2, -0.15) is 0 Å². The molecular formula is C6H4O2. The summed E-state index contributed by atoms with van der Waals surface area (Å²) in [6.07, 6.45) is 0. The lowest BCUT2D eigenvalue weighted by molar-refractivity contribution is -0.107. The average molecular weight is 108 g/mol. The maximum Gasteiger partial charge on any atom is 0.178 e. The van der Waals surface area contributed by atoms with Gasteiger partial charge in [0.2, 0.25) is 0 Å². The molecule has 0 radical (unpaired) electrons. The monoisotopic (exact) mass is 108 g/mol.